The minimum Gasteiger partial charge on any atom is -0.377 e. The highest BCUT2D eigenvalue weighted by molar-refractivity contribution is 5.50. The molecule has 7 nitrogen and oxygen atoms in total. The van der Waals surface area contributed by atoms with Crippen molar-refractivity contribution in [1.82, 2.24) is 9.55 Å². The lowest BCUT2D eigenvalue weighted by molar-refractivity contribution is -0.00184. The highest BCUT2D eigenvalue weighted by atomic mass is 16.6. The Morgan fingerprint density at radius 2 is 1.47 bits per heavy atom. The lowest BCUT2D eigenvalue weighted by atomic mass is 10.1. The summed E-state index contributed by atoms with van der Waals surface area (Å²) in [5.41, 5.74) is 3.90. The monoisotopic (exact) mass is 419 g/mol. The summed E-state index contributed by atoms with van der Waals surface area (Å²) in [5.74, 6) is 0. The van der Waals surface area contributed by atoms with Crippen molar-refractivity contribution < 1.29 is 18.9 Å². The average molecular weight is 420 g/mol. The maximum absolute atomic E-state index is 5.71. The van der Waals surface area contributed by atoms with Crippen molar-refractivity contribution in [2.24, 2.45) is 0 Å². The molecule has 0 unspecified atom stereocenters. The van der Waals surface area contributed by atoms with Crippen LogP contribution in [0.25, 0.3) is 0 Å². The van der Waals surface area contributed by atoms with Gasteiger partial charge in [-0.2, -0.15) is 0 Å². The predicted octanol–water partition coefficient (Wildman–Crippen LogP) is 3.09. The number of aryl methyl sites for hydroxylation is 2. The van der Waals surface area contributed by atoms with Gasteiger partial charge < -0.3 is 28.4 Å². The fourth-order valence-corrected chi connectivity index (χ4v) is 2.92. The lowest BCUT2D eigenvalue weighted by Gasteiger charge is -2.24. The number of hydrogen-bond donors (Lipinski definition) is 0. The first kappa shape index (κ1) is 24.3. The maximum Gasteiger partial charge on any atom is 0.0946 e. The molecule has 0 saturated carbocycles. The minimum absolute atomic E-state index is 0.571. The number of imidazole rings is 1. The molecule has 0 spiro atoms. The van der Waals surface area contributed by atoms with Gasteiger partial charge in [-0.15, -0.1) is 0 Å². The molecule has 2 aromatic rings. The SMILES string of the molecule is CCN(CCOCCOCCOCCOCCn1ccnc1)c1ccc(C)c(C)c1. The van der Waals surface area contributed by atoms with Crippen LogP contribution in [0.15, 0.2) is 36.9 Å². The van der Waals surface area contributed by atoms with E-state index in [0.717, 1.165) is 19.6 Å². The third kappa shape index (κ3) is 9.71. The second kappa shape index (κ2) is 15.0. The molecule has 0 fully saturated rings. The molecule has 2 rings (SSSR count). The molecule has 1 aromatic heterocycles. The molecule has 0 radical (unpaired) electrons. The van der Waals surface area contributed by atoms with Gasteiger partial charge in [0, 0.05) is 37.7 Å². The zero-order valence-electron chi connectivity index (χ0n) is 18.7. The lowest BCUT2D eigenvalue weighted by Crippen LogP contribution is -2.27. The molecule has 0 N–H and O–H groups in total. The van der Waals surface area contributed by atoms with Gasteiger partial charge in [0.1, 0.15) is 0 Å². The van der Waals surface area contributed by atoms with Crippen molar-refractivity contribution in [3.05, 3.63) is 48.0 Å². The Balaban J connectivity index is 1.37. The zero-order valence-corrected chi connectivity index (χ0v) is 18.7. The van der Waals surface area contributed by atoms with E-state index in [4.69, 9.17) is 18.9 Å². The van der Waals surface area contributed by atoms with Crippen LogP contribution in [0, 0.1) is 13.8 Å². The molecule has 30 heavy (non-hydrogen) atoms. The van der Waals surface area contributed by atoms with Gasteiger partial charge in [0.15, 0.2) is 0 Å². The maximum atomic E-state index is 5.71. The van der Waals surface area contributed by atoms with Crippen molar-refractivity contribution in [2.75, 3.05) is 70.8 Å². The summed E-state index contributed by atoms with van der Waals surface area (Å²) >= 11 is 0. The van der Waals surface area contributed by atoms with E-state index in [-0.39, 0.29) is 0 Å². The van der Waals surface area contributed by atoms with Gasteiger partial charge in [-0.25, -0.2) is 4.98 Å². The predicted molar refractivity (Wildman–Crippen MR) is 119 cm³/mol. The summed E-state index contributed by atoms with van der Waals surface area (Å²) in [6, 6.07) is 6.60. The number of likely N-dealkylation sites (N-methyl/N-ethyl adjacent to an activating group) is 1. The number of ether oxygens (including phenoxy) is 4. The Morgan fingerprint density at radius 1 is 0.833 bits per heavy atom. The molecule has 0 amide bonds. The molecule has 0 aliphatic heterocycles. The smallest absolute Gasteiger partial charge is 0.0946 e. The number of rotatable bonds is 17. The molecule has 0 bridgehead atoms. The Morgan fingerprint density at radius 3 is 2.03 bits per heavy atom. The largest absolute Gasteiger partial charge is 0.377 e. The topological polar surface area (TPSA) is 58.0 Å². The van der Waals surface area contributed by atoms with Crippen LogP contribution in [-0.4, -0.2) is 75.5 Å². The van der Waals surface area contributed by atoms with Crippen LogP contribution in [0.4, 0.5) is 5.69 Å². The molecule has 0 saturated heterocycles. The first-order valence-corrected chi connectivity index (χ1v) is 10.8. The summed E-state index contributed by atoms with van der Waals surface area (Å²) in [6.45, 7) is 14.0. The van der Waals surface area contributed by atoms with Crippen molar-refractivity contribution in [3.8, 4) is 0 Å². The van der Waals surface area contributed by atoms with E-state index in [2.05, 4.69) is 48.9 Å². The van der Waals surface area contributed by atoms with Crippen LogP contribution >= 0.6 is 0 Å². The minimum atomic E-state index is 0.571. The molecule has 7 heteroatoms. The fraction of sp³-hybridized carbons (Fsp3) is 0.609. The van der Waals surface area contributed by atoms with Gasteiger partial charge in [0.2, 0.25) is 0 Å². The standard InChI is InChI=1S/C23H37N3O4/c1-4-26(23-6-5-21(2)22(3)19-23)10-12-28-14-16-30-18-17-29-15-13-27-11-9-25-8-7-24-20-25/h5-8,19-20H,4,9-18H2,1-3H3. The van der Waals surface area contributed by atoms with Gasteiger partial charge in [0.05, 0.1) is 59.2 Å². The van der Waals surface area contributed by atoms with E-state index in [1.807, 2.05) is 10.8 Å². The Bertz CT molecular complexity index is 679. The van der Waals surface area contributed by atoms with E-state index < -0.39 is 0 Å². The van der Waals surface area contributed by atoms with Crippen molar-refractivity contribution in [2.45, 2.75) is 27.3 Å². The molecule has 0 aliphatic carbocycles. The van der Waals surface area contributed by atoms with Crippen LogP contribution in [0.5, 0.6) is 0 Å². The first-order chi connectivity index (χ1) is 14.7. The van der Waals surface area contributed by atoms with E-state index in [9.17, 15) is 0 Å². The molecular formula is C23H37N3O4. The van der Waals surface area contributed by atoms with E-state index in [1.165, 1.54) is 16.8 Å². The molecule has 1 aromatic carbocycles. The third-order valence-corrected chi connectivity index (χ3v) is 4.91. The summed E-state index contributed by atoms with van der Waals surface area (Å²) in [6.07, 6.45) is 5.47. The van der Waals surface area contributed by atoms with Crippen molar-refractivity contribution in [3.63, 3.8) is 0 Å². The fourth-order valence-electron chi connectivity index (χ4n) is 2.92. The van der Waals surface area contributed by atoms with Gasteiger partial charge in [-0.05, 0) is 44.0 Å². The second-order valence-electron chi connectivity index (χ2n) is 7.10. The number of nitrogens with zero attached hydrogens (tertiary/aromatic N) is 3. The highest BCUT2D eigenvalue weighted by Crippen LogP contribution is 2.18. The van der Waals surface area contributed by atoms with E-state index in [1.54, 1.807) is 12.5 Å². The summed E-state index contributed by atoms with van der Waals surface area (Å²) in [7, 11) is 0. The summed E-state index contributed by atoms with van der Waals surface area (Å²) < 4.78 is 24.2. The van der Waals surface area contributed by atoms with Crippen LogP contribution in [-0.2, 0) is 25.5 Å². The number of anilines is 1. The second-order valence-corrected chi connectivity index (χ2v) is 7.10. The Hall–Kier alpha value is -1.93. The molecule has 0 aliphatic rings. The zero-order chi connectivity index (χ0) is 21.4. The van der Waals surface area contributed by atoms with E-state index in [0.29, 0.717) is 52.9 Å². The first-order valence-electron chi connectivity index (χ1n) is 10.8. The van der Waals surface area contributed by atoms with Gasteiger partial charge in [0.25, 0.3) is 0 Å². The summed E-state index contributed by atoms with van der Waals surface area (Å²) in [4.78, 5) is 6.32. The average Bonchev–Trinajstić information content (AvgIpc) is 3.27. The quantitative estimate of drug-likeness (QED) is 0.367. The summed E-state index contributed by atoms with van der Waals surface area (Å²) in [5, 5.41) is 0. The Kier molecular flexibility index (Phi) is 12.1. The van der Waals surface area contributed by atoms with Crippen molar-refractivity contribution in [1.29, 1.82) is 0 Å². The van der Waals surface area contributed by atoms with Gasteiger partial charge in [-0.3, -0.25) is 0 Å². The van der Waals surface area contributed by atoms with Crippen LogP contribution in [0.1, 0.15) is 18.1 Å². The molecule has 168 valence electrons. The van der Waals surface area contributed by atoms with Gasteiger partial charge in [-0.1, -0.05) is 6.07 Å². The third-order valence-electron chi connectivity index (χ3n) is 4.91. The van der Waals surface area contributed by atoms with E-state index >= 15 is 0 Å². The number of benzene rings is 1. The molecular weight excluding hydrogens is 382 g/mol. The van der Waals surface area contributed by atoms with Crippen LogP contribution in [0.2, 0.25) is 0 Å². The van der Waals surface area contributed by atoms with Crippen LogP contribution in [0.3, 0.4) is 0 Å². The normalized spacial score (nSPS) is 11.2. The number of hydrogen-bond acceptors (Lipinski definition) is 6. The Labute approximate surface area is 180 Å². The van der Waals surface area contributed by atoms with Gasteiger partial charge >= 0.3 is 0 Å². The molecule has 0 atom stereocenters. The highest BCUT2D eigenvalue weighted by Gasteiger charge is 2.05. The van der Waals surface area contributed by atoms with Crippen molar-refractivity contribution >= 4 is 5.69 Å². The van der Waals surface area contributed by atoms with Crippen LogP contribution < -0.4 is 4.90 Å². The number of aromatic nitrogens is 2. The molecule has 1 heterocycles.